The lowest BCUT2D eigenvalue weighted by molar-refractivity contribution is -0.138. The number of nitrogens with one attached hydrogen (secondary N) is 1. The minimum atomic E-state index is -0.996. The number of aliphatic carboxylic acids is 1. The van der Waals surface area contributed by atoms with E-state index in [0.717, 1.165) is 5.56 Å². The molecule has 0 saturated carbocycles. The molecule has 0 heterocycles. The predicted octanol–water partition coefficient (Wildman–Crippen LogP) is 1.19. The molecule has 1 atom stereocenters. The molecule has 0 radical (unpaired) electrons. The number of hydrogen-bond donors (Lipinski definition) is 4. The molecular weight excluding hydrogens is 246 g/mol. The van der Waals surface area contributed by atoms with E-state index in [4.69, 9.17) is 10.2 Å². The van der Waals surface area contributed by atoms with E-state index in [2.05, 4.69) is 30.2 Å². The summed E-state index contributed by atoms with van der Waals surface area (Å²) in [5.41, 5.74) is 0.794. The van der Waals surface area contributed by atoms with Crippen LogP contribution in [0.15, 0.2) is 24.3 Å². The van der Waals surface area contributed by atoms with Crippen molar-refractivity contribution in [2.75, 3.05) is 0 Å². The van der Waals surface area contributed by atoms with Crippen molar-refractivity contribution in [1.82, 2.24) is 5.32 Å². The van der Waals surface area contributed by atoms with Crippen LogP contribution in [0, 0.1) is 0 Å². The number of thiocarbonyl (C=S) groups is 1. The molecule has 0 spiro atoms. The van der Waals surface area contributed by atoms with E-state index in [-0.39, 0.29) is 16.5 Å². The smallest absolute Gasteiger partial charge is 0.326 e. The van der Waals surface area contributed by atoms with Gasteiger partial charge in [0.1, 0.15) is 16.1 Å². The van der Waals surface area contributed by atoms with Gasteiger partial charge < -0.3 is 15.5 Å². The topological polar surface area (TPSA) is 69.6 Å². The summed E-state index contributed by atoms with van der Waals surface area (Å²) in [5, 5.41) is 20.6. The van der Waals surface area contributed by atoms with Crippen LogP contribution in [-0.2, 0) is 11.2 Å². The monoisotopic (exact) mass is 257 g/mol. The summed E-state index contributed by atoms with van der Waals surface area (Å²) in [5.74, 6) is -0.849. The average molecular weight is 257 g/mol. The Labute approximate surface area is 104 Å². The first-order valence-corrected chi connectivity index (χ1v) is 5.35. The summed E-state index contributed by atoms with van der Waals surface area (Å²) in [4.78, 5) is 10.9. The molecule has 0 bridgehead atoms. The van der Waals surface area contributed by atoms with E-state index >= 15 is 0 Å². The molecule has 86 valence electrons. The molecule has 1 rings (SSSR count). The van der Waals surface area contributed by atoms with Gasteiger partial charge in [-0.2, -0.15) is 0 Å². The predicted molar refractivity (Wildman–Crippen MR) is 68.0 cm³/mol. The number of phenolic OH excluding ortho intramolecular Hbond substituents is 1. The summed E-state index contributed by atoms with van der Waals surface area (Å²) < 4.78 is 0.145. The Morgan fingerprint density at radius 2 is 2.00 bits per heavy atom. The lowest BCUT2D eigenvalue weighted by Gasteiger charge is -2.13. The Hall–Kier alpha value is -1.27. The van der Waals surface area contributed by atoms with Crippen molar-refractivity contribution < 1.29 is 15.0 Å². The van der Waals surface area contributed by atoms with Gasteiger partial charge in [0.25, 0.3) is 0 Å². The standard InChI is InChI=1S/C10H11NO3S2/c12-7-3-1-6(2-4-7)5-8(9(13)14)11-10(15)16/h1-4,8,12H,5H2,(H,13,14)(H2,11,15,16)/t8-/m0/s1. The molecule has 0 aliphatic rings. The van der Waals surface area contributed by atoms with Gasteiger partial charge in [0.15, 0.2) is 0 Å². The highest BCUT2D eigenvalue weighted by molar-refractivity contribution is 8.11. The van der Waals surface area contributed by atoms with Gasteiger partial charge in [-0.05, 0) is 17.7 Å². The number of carboxylic acids is 1. The van der Waals surface area contributed by atoms with Crippen molar-refractivity contribution in [3.05, 3.63) is 29.8 Å². The molecule has 0 saturated heterocycles. The molecule has 0 aliphatic heterocycles. The Morgan fingerprint density at radius 3 is 2.44 bits per heavy atom. The summed E-state index contributed by atoms with van der Waals surface area (Å²) >= 11 is 8.51. The third kappa shape index (κ3) is 4.08. The molecule has 0 fully saturated rings. The van der Waals surface area contributed by atoms with Crippen molar-refractivity contribution in [2.24, 2.45) is 0 Å². The quantitative estimate of drug-likeness (QED) is 0.482. The van der Waals surface area contributed by atoms with Crippen LogP contribution in [0.1, 0.15) is 5.56 Å². The summed E-state index contributed by atoms with van der Waals surface area (Å²) in [7, 11) is 0. The van der Waals surface area contributed by atoms with Crippen molar-refractivity contribution in [3.8, 4) is 5.75 Å². The largest absolute Gasteiger partial charge is 0.508 e. The number of carboxylic acid groups (broad SMARTS) is 1. The SMILES string of the molecule is O=C(O)[C@H](Cc1ccc(O)cc1)NC(=S)S. The first-order valence-electron chi connectivity index (χ1n) is 4.49. The van der Waals surface area contributed by atoms with Crippen LogP contribution in [0.25, 0.3) is 0 Å². The normalized spacial score (nSPS) is 11.8. The van der Waals surface area contributed by atoms with Crippen LogP contribution in [0.4, 0.5) is 0 Å². The average Bonchev–Trinajstić information content (AvgIpc) is 2.19. The summed E-state index contributed by atoms with van der Waals surface area (Å²) in [6, 6.07) is 5.53. The first-order chi connectivity index (χ1) is 7.49. The van der Waals surface area contributed by atoms with Crippen molar-refractivity contribution >= 4 is 35.1 Å². The van der Waals surface area contributed by atoms with Gasteiger partial charge >= 0.3 is 5.97 Å². The van der Waals surface area contributed by atoms with Crippen molar-refractivity contribution in [3.63, 3.8) is 0 Å². The lowest BCUT2D eigenvalue weighted by atomic mass is 10.1. The van der Waals surface area contributed by atoms with Crippen LogP contribution in [0.2, 0.25) is 0 Å². The van der Waals surface area contributed by atoms with E-state index in [0.29, 0.717) is 0 Å². The minimum Gasteiger partial charge on any atom is -0.508 e. The molecule has 1 aromatic carbocycles. The highest BCUT2D eigenvalue weighted by Crippen LogP contribution is 2.11. The van der Waals surface area contributed by atoms with Gasteiger partial charge in [0, 0.05) is 6.42 Å². The second kappa shape index (κ2) is 5.72. The van der Waals surface area contributed by atoms with Crippen molar-refractivity contribution in [2.45, 2.75) is 12.5 Å². The number of rotatable bonds is 4. The van der Waals surface area contributed by atoms with Gasteiger partial charge in [0.2, 0.25) is 0 Å². The number of aromatic hydroxyl groups is 1. The minimum absolute atomic E-state index is 0.145. The molecule has 0 unspecified atom stereocenters. The zero-order chi connectivity index (χ0) is 12.1. The molecule has 0 aliphatic carbocycles. The molecule has 4 nitrogen and oxygen atoms in total. The van der Waals surface area contributed by atoms with E-state index in [9.17, 15) is 4.79 Å². The van der Waals surface area contributed by atoms with Crippen LogP contribution >= 0.6 is 24.8 Å². The fourth-order valence-corrected chi connectivity index (χ4v) is 1.51. The Kier molecular flexibility index (Phi) is 4.57. The Bertz CT molecular complexity index is 392. The lowest BCUT2D eigenvalue weighted by Crippen LogP contribution is -2.39. The third-order valence-electron chi connectivity index (χ3n) is 1.97. The van der Waals surface area contributed by atoms with Gasteiger partial charge in [-0.15, -0.1) is 12.6 Å². The van der Waals surface area contributed by atoms with Crippen LogP contribution in [0.5, 0.6) is 5.75 Å². The number of thiol groups is 1. The van der Waals surface area contributed by atoms with Gasteiger partial charge in [0.05, 0.1) is 0 Å². The maximum atomic E-state index is 10.9. The number of phenols is 1. The van der Waals surface area contributed by atoms with Crippen LogP contribution < -0.4 is 5.32 Å². The molecule has 1 aromatic rings. The summed E-state index contributed by atoms with van der Waals surface area (Å²) in [6.45, 7) is 0. The van der Waals surface area contributed by atoms with E-state index < -0.39 is 12.0 Å². The number of hydrogen-bond acceptors (Lipinski definition) is 3. The molecular formula is C10H11NO3S2. The first kappa shape index (κ1) is 12.8. The molecule has 6 heteroatoms. The third-order valence-corrected chi connectivity index (χ3v) is 2.22. The van der Waals surface area contributed by atoms with Crippen molar-refractivity contribution in [1.29, 1.82) is 0 Å². The molecule has 0 aromatic heterocycles. The second-order valence-corrected chi connectivity index (χ2v) is 4.37. The Balaban J connectivity index is 2.71. The maximum Gasteiger partial charge on any atom is 0.326 e. The fourth-order valence-electron chi connectivity index (χ4n) is 1.22. The van der Waals surface area contributed by atoms with Gasteiger partial charge in [-0.3, -0.25) is 0 Å². The van der Waals surface area contributed by atoms with E-state index in [1.807, 2.05) is 0 Å². The van der Waals surface area contributed by atoms with E-state index in [1.54, 1.807) is 12.1 Å². The second-order valence-electron chi connectivity index (χ2n) is 3.21. The molecule has 16 heavy (non-hydrogen) atoms. The number of benzene rings is 1. The number of carbonyl (C=O) groups is 1. The van der Waals surface area contributed by atoms with Crippen LogP contribution in [0.3, 0.4) is 0 Å². The van der Waals surface area contributed by atoms with Crippen LogP contribution in [-0.4, -0.2) is 26.5 Å². The zero-order valence-electron chi connectivity index (χ0n) is 8.25. The molecule has 3 N–H and O–H groups in total. The maximum absolute atomic E-state index is 10.9. The zero-order valence-corrected chi connectivity index (χ0v) is 9.96. The highest BCUT2D eigenvalue weighted by Gasteiger charge is 2.17. The summed E-state index contributed by atoms with van der Waals surface area (Å²) in [6.07, 6.45) is 0.274. The molecule has 0 amide bonds. The van der Waals surface area contributed by atoms with Gasteiger partial charge in [-0.1, -0.05) is 24.4 Å². The van der Waals surface area contributed by atoms with Gasteiger partial charge in [-0.25, -0.2) is 4.79 Å². The highest BCUT2D eigenvalue weighted by atomic mass is 32.1. The Morgan fingerprint density at radius 1 is 1.44 bits per heavy atom. The van der Waals surface area contributed by atoms with E-state index in [1.165, 1.54) is 12.1 Å². The fraction of sp³-hybridized carbons (Fsp3) is 0.200.